The van der Waals surface area contributed by atoms with E-state index in [4.69, 9.17) is 27.7 Å². The quantitative estimate of drug-likeness (QED) is 0.207. The molecule has 1 aliphatic heterocycles. The van der Waals surface area contributed by atoms with Gasteiger partial charge in [0.2, 0.25) is 0 Å². The maximum absolute atomic E-state index is 12.8. The average molecular weight is 423 g/mol. The van der Waals surface area contributed by atoms with E-state index in [0.717, 1.165) is 0 Å². The Morgan fingerprint density at radius 3 is 2.45 bits per heavy atom. The van der Waals surface area contributed by atoms with Crippen molar-refractivity contribution in [3.8, 4) is 0 Å². The Balaban J connectivity index is 0.00000441. The van der Waals surface area contributed by atoms with E-state index in [1.54, 1.807) is 4.67 Å². The zero-order valence-electron chi connectivity index (χ0n) is 12.2. The van der Waals surface area contributed by atoms with Crippen LogP contribution in [0.5, 0.6) is 0 Å². The van der Waals surface area contributed by atoms with Gasteiger partial charge in [-0.05, 0) is 6.42 Å². The minimum Gasteiger partial charge on any atom is -0.748 e. The van der Waals surface area contributed by atoms with Gasteiger partial charge in [-0.15, -0.1) is 35.0 Å². The van der Waals surface area contributed by atoms with Crippen molar-refractivity contribution >= 4 is 52.8 Å². The summed E-state index contributed by atoms with van der Waals surface area (Å²) in [7, 11) is -7.46. The molecule has 0 aromatic heterocycles. The fourth-order valence-electron chi connectivity index (χ4n) is 1.71. The number of halogens is 2. The fraction of sp³-hybridized carbons (Fsp3) is 1.00. The molecule has 0 aliphatic carbocycles. The van der Waals surface area contributed by atoms with Crippen LogP contribution in [0.15, 0.2) is 0 Å². The topological polar surface area (TPSA) is 98.8 Å². The predicted octanol–water partition coefficient (Wildman–Crippen LogP) is -1.51. The Hall–Kier alpha value is 1.95. The van der Waals surface area contributed by atoms with Crippen LogP contribution in [0.25, 0.3) is 0 Å². The third kappa shape index (κ3) is 8.87. The monoisotopic (exact) mass is 422 g/mol. The van der Waals surface area contributed by atoms with Gasteiger partial charge in [-0.1, -0.05) is 0 Å². The molecule has 2 atom stereocenters. The summed E-state index contributed by atoms with van der Waals surface area (Å²) in [4.78, 5) is 0. The van der Waals surface area contributed by atoms with E-state index in [-0.39, 0.29) is 59.1 Å². The molecule has 1 unspecified atom stereocenters. The summed E-state index contributed by atoms with van der Waals surface area (Å²) >= 11 is 12.6. The molecule has 0 radical (unpaired) electrons. The standard InChI is InChI=1S/C9H19Cl2N2O5PS2.Na/c10-2-4-13(5-3-11)19(14)12-9(1-6-18-19)20-7-8-21(15,16)17;/h9H,1-8H2,(H,12,14)(H,15,16,17);/q;+1/p-1/t9-,19?;/m1./s1. The van der Waals surface area contributed by atoms with Gasteiger partial charge in [-0.2, -0.15) is 0 Å². The van der Waals surface area contributed by atoms with Crippen molar-refractivity contribution in [2.24, 2.45) is 0 Å². The van der Waals surface area contributed by atoms with Crippen LogP contribution in [-0.4, -0.2) is 66.0 Å². The van der Waals surface area contributed by atoms with Gasteiger partial charge < -0.3 is 9.08 Å². The Labute approximate surface area is 167 Å². The van der Waals surface area contributed by atoms with Crippen LogP contribution in [0.2, 0.25) is 0 Å². The number of hydrogen-bond donors (Lipinski definition) is 1. The summed E-state index contributed by atoms with van der Waals surface area (Å²) in [5.74, 6) is 0.277. The van der Waals surface area contributed by atoms with Crippen molar-refractivity contribution in [2.45, 2.75) is 11.8 Å². The molecule has 7 nitrogen and oxygen atoms in total. The molecule has 1 saturated heterocycles. The molecule has 1 aliphatic rings. The first-order valence-electron chi connectivity index (χ1n) is 6.25. The molecule has 0 saturated carbocycles. The van der Waals surface area contributed by atoms with E-state index < -0.39 is 23.5 Å². The van der Waals surface area contributed by atoms with Gasteiger partial charge in [-0.3, -0.25) is 4.57 Å². The third-order valence-electron chi connectivity index (χ3n) is 2.66. The van der Waals surface area contributed by atoms with Crippen molar-refractivity contribution in [1.29, 1.82) is 0 Å². The smallest absolute Gasteiger partial charge is 0.748 e. The number of hydrogen-bond acceptors (Lipinski definition) is 6. The molecule has 0 bridgehead atoms. The van der Waals surface area contributed by atoms with Crippen molar-refractivity contribution in [1.82, 2.24) is 9.76 Å². The molecule has 22 heavy (non-hydrogen) atoms. The molecule has 1 fully saturated rings. The largest absolute Gasteiger partial charge is 1.00 e. The molecule has 126 valence electrons. The Kier molecular flexibility index (Phi) is 12.6. The second kappa shape index (κ2) is 11.5. The van der Waals surface area contributed by atoms with Gasteiger partial charge in [0.05, 0.1) is 22.1 Å². The average Bonchev–Trinajstić information content (AvgIpc) is 2.37. The van der Waals surface area contributed by atoms with Crippen molar-refractivity contribution in [3.63, 3.8) is 0 Å². The SMILES string of the molecule is O=P1(N(CCCl)CCCl)N[C@H](SCCS(=O)(=O)[O-])CCO1.[Na+]. The van der Waals surface area contributed by atoms with Gasteiger partial charge in [0.25, 0.3) is 0 Å². The van der Waals surface area contributed by atoms with Crippen LogP contribution in [0.1, 0.15) is 6.42 Å². The number of nitrogens with one attached hydrogen (secondary N) is 1. The zero-order valence-corrected chi connectivity index (χ0v) is 18.3. The van der Waals surface area contributed by atoms with Crippen molar-refractivity contribution in [2.75, 3.05) is 43.0 Å². The van der Waals surface area contributed by atoms with Crippen LogP contribution < -0.4 is 34.6 Å². The maximum Gasteiger partial charge on any atom is 1.00 e. The summed E-state index contributed by atoms with van der Waals surface area (Å²) in [5, 5.41) is 2.66. The molecule has 1 rings (SSSR count). The van der Waals surface area contributed by atoms with E-state index in [0.29, 0.717) is 19.5 Å². The van der Waals surface area contributed by atoms with Gasteiger partial charge in [-0.25, -0.2) is 18.2 Å². The minimum absolute atomic E-state index is 0. The van der Waals surface area contributed by atoms with Gasteiger partial charge in [0.1, 0.15) is 0 Å². The second-order valence-electron chi connectivity index (χ2n) is 4.22. The van der Waals surface area contributed by atoms with Gasteiger partial charge >= 0.3 is 37.2 Å². The molecule has 1 heterocycles. The minimum atomic E-state index is -4.23. The van der Waals surface area contributed by atoms with E-state index in [1.165, 1.54) is 11.8 Å². The molecule has 1 N–H and O–H groups in total. The van der Waals surface area contributed by atoms with Gasteiger partial charge in [0.15, 0.2) is 0 Å². The number of nitrogens with zero attached hydrogens (tertiary/aromatic N) is 1. The molecule has 0 aromatic rings. The van der Waals surface area contributed by atoms with Gasteiger partial charge in [0, 0.05) is 36.4 Å². The Bertz CT molecular complexity index is 467. The van der Waals surface area contributed by atoms with Crippen LogP contribution in [0.3, 0.4) is 0 Å². The van der Waals surface area contributed by atoms with Crippen LogP contribution in [0.4, 0.5) is 0 Å². The third-order valence-corrected chi connectivity index (χ3v) is 7.65. The zero-order chi connectivity index (χ0) is 15.9. The first kappa shape index (κ1) is 23.9. The second-order valence-corrected chi connectivity index (χ2v) is 9.94. The van der Waals surface area contributed by atoms with Crippen molar-refractivity contribution in [3.05, 3.63) is 0 Å². The fourth-order valence-corrected chi connectivity index (χ4v) is 6.78. The van der Waals surface area contributed by atoms with Crippen LogP contribution in [0, 0.1) is 0 Å². The van der Waals surface area contributed by atoms with Crippen LogP contribution in [-0.2, 0) is 19.2 Å². The van der Waals surface area contributed by atoms with Crippen molar-refractivity contribution < 1.29 is 51.6 Å². The number of thioether (sulfide) groups is 1. The summed E-state index contributed by atoms with van der Waals surface area (Å²) in [5.41, 5.74) is 0. The summed E-state index contributed by atoms with van der Waals surface area (Å²) < 4.78 is 51.4. The molecular weight excluding hydrogens is 405 g/mol. The van der Waals surface area contributed by atoms with E-state index in [1.807, 2.05) is 0 Å². The normalized spacial score (nSPS) is 25.9. The predicted molar refractivity (Wildman–Crippen MR) is 85.1 cm³/mol. The first-order chi connectivity index (χ1) is 9.80. The van der Waals surface area contributed by atoms with E-state index in [2.05, 4.69) is 5.09 Å². The van der Waals surface area contributed by atoms with Crippen LogP contribution >= 0.6 is 42.6 Å². The molecule has 0 spiro atoms. The molecule has 0 amide bonds. The van der Waals surface area contributed by atoms with E-state index in [9.17, 15) is 17.5 Å². The summed E-state index contributed by atoms with van der Waals surface area (Å²) in [6.45, 7) is 1.02. The summed E-state index contributed by atoms with van der Waals surface area (Å²) in [6, 6.07) is 0. The summed E-state index contributed by atoms with van der Waals surface area (Å²) in [6.07, 6.45) is 0.573. The Morgan fingerprint density at radius 1 is 1.36 bits per heavy atom. The molecular formula is C9H18Cl2N2NaO5PS2. The maximum atomic E-state index is 12.8. The Morgan fingerprint density at radius 2 is 1.95 bits per heavy atom. The molecule has 0 aromatic carbocycles. The number of rotatable bonds is 9. The first-order valence-corrected chi connectivity index (χ1v) is 11.5. The van der Waals surface area contributed by atoms with E-state index >= 15 is 0 Å². The molecule has 13 heteroatoms. The number of alkyl halides is 2.